The minimum absolute atomic E-state index is 0.0859. The monoisotopic (exact) mass is 359 g/mol. The van der Waals surface area contributed by atoms with E-state index >= 15 is 0 Å². The topological polar surface area (TPSA) is 78.5 Å². The third-order valence-electron chi connectivity index (χ3n) is 4.68. The Balaban J connectivity index is 1.60. The zero-order chi connectivity index (χ0) is 18.5. The highest BCUT2D eigenvalue weighted by molar-refractivity contribution is 5.96. The van der Waals surface area contributed by atoms with Crippen LogP contribution in [-0.4, -0.2) is 67.2 Å². The van der Waals surface area contributed by atoms with Gasteiger partial charge in [-0.05, 0) is 43.7 Å². The molecule has 0 unspecified atom stereocenters. The van der Waals surface area contributed by atoms with Gasteiger partial charge in [-0.1, -0.05) is 0 Å². The number of ether oxygens (including phenoxy) is 1. The van der Waals surface area contributed by atoms with Crippen LogP contribution in [0.2, 0.25) is 0 Å². The number of Topliss-reactive ketones (excluding diaryl/α,β-unsaturated/α-hetero) is 1. The van der Waals surface area contributed by atoms with Crippen molar-refractivity contribution in [2.24, 2.45) is 5.16 Å². The minimum atomic E-state index is -0.215. The number of carbonyl (C=O) groups excluding carboxylic acids is 1. The molecule has 0 amide bonds. The van der Waals surface area contributed by atoms with Crippen molar-refractivity contribution in [2.75, 3.05) is 46.4 Å². The quantitative estimate of drug-likeness (QED) is 0.368. The lowest BCUT2D eigenvalue weighted by Gasteiger charge is -2.32. The summed E-state index contributed by atoms with van der Waals surface area (Å²) < 4.78 is 11.3. The van der Waals surface area contributed by atoms with Crippen LogP contribution in [0.4, 0.5) is 0 Å². The van der Waals surface area contributed by atoms with Crippen LogP contribution >= 0.6 is 0 Å². The van der Waals surface area contributed by atoms with Crippen LogP contribution in [0.1, 0.15) is 23.7 Å². The molecule has 2 heterocycles. The molecule has 2 aromatic rings. The van der Waals surface area contributed by atoms with Crippen molar-refractivity contribution in [3.8, 4) is 5.75 Å². The van der Waals surface area contributed by atoms with E-state index in [9.17, 15) is 4.79 Å². The lowest BCUT2D eigenvalue weighted by molar-refractivity contribution is 0.101. The fourth-order valence-electron chi connectivity index (χ4n) is 3.06. The Kier molecular flexibility index (Phi) is 5.90. The van der Waals surface area contributed by atoms with E-state index in [0.29, 0.717) is 17.9 Å². The predicted molar refractivity (Wildman–Crippen MR) is 97.6 cm³/mol. The number of rotatable bonds is 6. The number of fused-ring (bicyclic) bond motifs is 1. The number of hydrogen-bond donors (Lipinski definition) is 1. The predicted octanol–water partition coefficient (Wildman–Crippen LogP) is 1.94. The molecule has 1 aliphatic rings. The average Bonchev–Trinajstić information content (AvgIpc) is 2.65. The van der Waals surface area contributed by atoms with E-state index in [2.05, 4.69) is 22.0 Å². The van der Waals surface area contributed by atoms with Gasteiger partial charge < -0.3 is 24.2 Å². The third kappa shape index (κ3) is 4.42. The third-order valence-corrected chi connectivity index (χ3v) is 4.68. The Morgan fingerprint density at radius 1 is 1.27 bits per heavy atom. The number of piperazine rings is 1. The molecule has 0 atom stereocenters. The molecule has 1 aliphatic heterocycles. The van der Waals surface area contributed by atoms with Crippen molar-refractivity contribution in [3.63, 3.8) is 0 Å². The first-order valence-corrected chi connectivity index (χ1v) is 8.87. The molecule has 0 spiro atoms. The molecule has 0 radical (unpaired) electrons. The molecule has 3 rings (SSSR count). The Bertz CT molecular complexity index is 838. The van der Waals surface area contributed by atoms with Crippen molar-refractivity contribution in [2.45, 2.75) is 13.3 Å². The molecular weight excluding hydrogens is 334 g/mol. The largest absolute Gasteiger partial charge is 0.493 e. The first-order chi connectivity index (χ1) is 12.6. The second-order valence-electron chi connectivity index (χ2n) is 6.67. The summed E-state index contributed by atoms with van der Waals surface area (Å²) in [6.07, 6.45) is 0.958. The van der Waals surface area contributed by atoms with Gasteiger partial charge in [0.15, 0.2) is 5.78 Å². The van der Waals surface area contributed by atoms with E-state index < -0.39 is 0 Å². The van der Waals surface area contributed by atoms with Crippen molar-refractivity contribution in [3.05, 3.63) is 35.4 Å². The van der Waals surface area contributed by atoms with Crippen molar-refractivity contribution < 1.29 is 19.2 Å². The van der Waals surface area contributed by atoms with Crippen LogP contribution in [0.5, 0.6) is 5.75 Å². The second-order valence-corrected chi connectivity index (χ2v) is 6.67. The van der Waals surface area contributed by atoms with Gasteiger partial charge >= 0.3 is 0 Å². The highest BCUT2D eigenvalue weighted by Gasteiger charge is 2.13. The fourth-order valence-corrected chi connectivity index (χ4v) is 3.06. The van der Waals surface area contributed by atoms with E-state index in [4.69, 9.17) is 14.4 Å². The molecular formula is C19H25N3O4. The zero-order valence-corrected chi connectivity index (χ0v) is 15.3. The highest BCUT2D eigenvalue weighted by Crippen LogP contribution is 2.21. The number of ketones is 1. The number of nitrogens with zero attached hydrogens (tertiary/aromatic N) is 3. The van der Waals surface area contributed by atoms with Gasteiger partial charge in [-0.3, -0.25) is 4.79 Å². The summed E-state index contributed by atoms with van der Waals surface area (Å²) in [5, 5.41) is 12.9. The summed E-state index contributed by atoms with van der Waals surface area (Å²) in [6, 6.07) is 7.10. The van der Waals surface area contributed by atoms with Gasteiger partial charge in [0, 0.05) is 44.2 Å². The van der Waals surface area contributed by atoms with Crippen LogP contribution in [0.15, 0.2) is 33.8 Å². The van der Waals surface area contributed by atoms with Crippen LogP contribution in [-0.2, 0) is 0 Å². The molecule has 140 valence electrons. The molecule has 1 N–H and O–H groups in total. The van der Waals surface area contributed by atoms with E-state index in [1.807, 2.05) is 12.1 Å². The Morgan fingerprint density at radius 2 is 2.04 bits per heavy atom. The number of benzene rings is 1. The Morgan fingerprint density at radius 3 is 2.73 bits per heavy atom. The standard InChI is InChI=1S/C19H25N3O4/c1-14(23)17-12-15-4-5-16(13-18(15)26-19(17)20-24)25-11-3-6-22-9-7-21(2)8-10-22/h4-5,12-13,24H,3,6-11H2,1-2H3. The Hall–Kier alpha value is -2.38. The maximum atomic E-state index is 11.6. The van der Waals surface area contributed by atoms with Crippen molar-refractivity contribution in [1.29, 1.82) is 0 Å². The lowest BCUT2D eigenvalue weighted by atomic mass is 10.1. The Labute approximate surface area is 152 Å². The van der Waals surface area contributed by atoms with Crippen LogP contribution < -0.4 is 10.3 Å². The molecule has 7 heteroatoms. The summed E-state index contributed by atoms with van der Waals surface area (Å²) in [4.78, 5) is 16.4. The number of carbonyl (C=O) groups is 1. The molecule has 1 aromatic carbocycles. The molecule has 7 nitrogen and oxygen atoms in total. The van der Waals surface area contributed by atoms with Gasteiger partial charge in [0.2, 0.25) is 0 Å². The highest BCUT2D eigenvalue weighted by atomic mass is 16.5. The van der Waals surface area contributed by atoms with E-state index in [1.165, 1.54) is 6.92 Å². The summed E-state index contributed by atoms with van der Waals surface area (Å²) >= 11 is 0. The van der Waals surface area contributed by atoms with Gasteiger partial charge in [-0.2, -0.15) is 0 Å². The second kappa shape index (κ2) is 8.33. The number of likely N-dealkylation sites (N-methyl/N-ethyl adjacent to an activating group) is 1. The first kappa shape index (κ1) is 18.4. The molecule has 0 saturated carbocycles. The SMILES string of the molecule is CC(=O)c1cc2ccc(OCCCN3CCN(C)CC3)cc2oc1=NO. The number of hydrogen-bond acceptors (Lipinski definition) is 7. The molecule has 0 bridgehead atoms. The molecule has 1 saturated heterocycles. The molecule has 1 aromatic heterocycles. The minimum Gasteiger partial charge on any atom is -0.493 e. The van der Waals surface area contributed by atoms with Crippen LogP contribution in [0.3, 0.4) is 0 Å². The first-order valence-electron chi connectivity index (χ1n) is 8.87. The van der Waals surface area contributed by atoms with E-state index in [0.717, 1.165) is 44.5 Å². The van der Waals surface area contributed by atoms with Crippen molar-refractivity contribution >= 4 is 16.8 Å². The van der Waals surface area contributed by atoms with Crippen molar-refractivity contribution in [1.82, 2.24) is 9.80 Å². The summed E-state index contributed by atoms with van der Waals surface area (Å²) in [6.45, 7) is 7.51. The van der Waals surface area contributed by atoms with Gasteiger partial charge in [-0.15, -0.1) is 0 Å². The maximum absolute atomic E-state index is 11.6. The van der Waals surface area contributed by atoms with Gasteiger partial charge in [-0.25, -0.2) is 0 Å². The van der Waals surface area contributed by atoms with Crippen LogP contribution in [0.25, 0.3) is 11.0 Å². The van der Waals surface area contributed by atoms with Gasteiger partial charge in [0.05, 0.1) is 12.2 Å². The lowest BCUT2D eigenvalue weighted by Crippen LogP contribution is -2.44. The summed E-state index contributed by atoms with van der Waals surface area (Å²) in [7, 11) is 2.15. The summed E-state index contributed by atoms with van der Waals surface area (Å²) in [5.41, 5.74) is 0.678. The zero-order valence-electron chi connectivity index (χ0n) is 15.3. The smallest absolute Gasteiger partial charge is 0.266 e. The molecule has 26 heavy (non-hydrogen) atoms. The van der Waals surface area contributed by atoms with E-state index in [1.54, 1.807) is 12.1 Å². The summed E-state index contributed by atoms with van der Waals surface area (Å²) in [5.74, 6) is 0.478. The molecule has 1 fully saturated rings. The van der Waals surface area contributed by atoms with Crippen LogP contribution in [0, 0.1) is 0 Å². The fraction of sp³-hybridized carbons (Fsp3) is 0.474. The van der Waals surface area contributed by atoms with Gasteiger partial charge in [0.1, 0.15) is 11.3 Å². The molecule has 0 aliphatic carbocycles. The average molecular weight is 359 g/mol. The maximum Gasteiger partial charge on any atom is 0.266 e. The van der Waals surface area contributed by atoms with E-state index in [-0.39, 0.29) is 16.9 Å². The van der Waals surface area contributed by atoms with Gasteiger partial charge in [0.25, 0.3) is 5.55 Å². The normalized spacial score (nSPS) is 16.9.